The van der Waals surface area contributed by atoms with E-state index in [4.69, 9.17) is 9.72 Å². The van der Waals surface area contributed by atoms with Crippen LogP contribution >= 0.6 is 0 Å². The van der Waals surface area contributed by atoms with Crippen molar-refractivity contribution in [2.75, 3.05) is 80.7 Å². The molecule has 4 rings (SSSR count). The fourth-order valence-electron chi connectivity index (χ4n) is 3.57. The number of hydrogen-bond acceptors (Lipinski definition) is 7. The van der Waals surface area contributed by atoms with Gasteiger partial charge in [-0.15, -0.1) is 0 Å². The first kappa shape index (κ1) is 18.0. The number of nitrogens with one attached hydrogen (secondary N) is 1. The van der Waals surface area contributed by atoms with Crippen molar-refractivity contribution in [2.45, 2.75) is 0 Å². The topological polar surface area (TPSA) is 56.8 Å². The zero-order valence-electron chi connectivity index (χ0n) is 15.8. The molecule has 0 radical (unpaired) electrons. The zero-order valence-corrected chi connectivity index (χ0v) is 15.8. The number of piperazine rings is 1. The number of rotatable bonds is 6. The lowest BCUT2D eigenvalue weighted by Crippen LogP contribution is -2.47. The van der Waals surface area contributed by atoms with Crippen molar-refractivity contribution in [3.8, 4) is 0 Å². The molecule has 0 unspecified atom stereocenters. The van der Waals surface area contributed by atoms with E-state index < -0.39 is 0 Å². The van der Waals surface area contributed by atoms with E-state index >= 15 is 0 Å². The maximum absolute atomic E-state index is 5.39. The van der Waals surface area contributed by atoms with Crippen LogP contribution in [0.1, 0.15) is 0 Å². The van der Waals surface area contributed by atoms with Crippen LogP contribution in [0.3, 0.4) is 0 Å². The van der Waals surface area contributed by atoms with Gasteiger partial charge in [0.1, 0.15) is 5.82 Å². The molecule has 0 saturated carbocycles. The standard InChI is InChI=1S/C20H28N6O/c1-2-4-18(5-3-1)25-10-12-26(13-11-25)20-22-7-6-19(23-20)21-8-9-24-14-16-27-17-15-24/h1-7H,8-17H2,(H,21,22,23). The first-order chi connectivity index (χ1) is 13.4. The maximum atomic E-state index is 5.39. The van der Waals surface area contributed by atoms with Gasteiger partial charge in [-0.25, -0.2) is 4.98 Å². The van der Waals surface area contributed by atoms with E-state index in [-0.39, 0.29) is 0 Å². The summed E-state index contributed by atoms with van der Waals surface area (Å²) < 4.78 is 5.39. The molecule has 0 bridgehead atoms. The number of anilines is 3. The third-order valence-corrected chi connectivity index (χ3v) is 5.16. The van der Waals surface area contributed by atoms with Gasteiger partial charge in [-0.05, 0) is 18.2 Å². The van der Waals surface area contributed by atoms with Crippen LogP contribution in [0.2, 0.25) is 0 Å². The largest absolute Gasteiger partial charge is 0.379 e. The van der Waals surface area contributed by atoms with Crippen molar-refractivity contribution in [1.82, 2.24) is 14.9 Å². The van der Waals surface area contributed by atoms with Crippen LogP contribution < -0.4 is 15.1 Å². The summed E-state index contributed by atoms with van der Waals surface area (Å²) in [6.07, 6.45) is 1.85. The SMILES string of the molecule is c1ccc(N2CCN(c3nccc(NCCN4CCOCC4)n3)CC2)cc1. The van der Waals surface area contributed by atoms with Crippen molar-refractivity contribution < 1.29 is 4.74 Å². The highest BCUT2D eigenvalue weighted by Gasteiger charge is 2.19. The average Bonchev–Trinajstić information content (AvgIpc) is 2.76. The Morgan fingerprint density at radius 2 is 1.63 bits per heavy atom. The molecule has 7 heteroatoms. The van der Waals surface area contributed by atoms with Crippen LogP contribution in [0, 0.1) is 0 Å². The predicted molar refractivity (Wildman–Crippen MR) is 109 cm³/mol. The zero-order chi connectivity index (χ0) is 18.3. The quantitative estimate of drug-likeness (QED) is 0.830. The lowest BCUT2D eigenvalue weighted by molar-refractivity contribution is 0.0398. The number of morpholine rings is 1. The Morgan fingerprint density at radius 3 is 2.41 bits per heavy atom. The summed E-state index contributed by atoms with van der Waals surface area (Å²) in [6, 6.07) is 12.5. The van der Waals surface area contributed by atoms with Crippen LogP contribution in [0.15, 0.2) is 42.6 Å². The van der Waals surface area contributed by atoms with Gasteiger partial charge in [-0.1, -0.05) is 18.2 Å². The number of hydrogen-bond donors (Lipinski definition) is 1. The molecule has 1 aromatic carbocycles. The first-order valence-electron chi connectivity index (χ1n) is 9.80. The van der Waals surface area contributed by atoms with Crippen LogP contribution in [-0.4, -0.2) is 80.4 Å². The molecule has 2 saturated heterocycles. The third kappa shape index (κ3) is 4.87. The van der Waals surface area contributed by atoms with Gasteiger partial charge in [0.05, 0.1) is 13.2 Å². The molecule has 0 aliphatic carbocycles. The highest BCUT2D eigenvalue weighted by molar-refractivity contribution is 5.49. The Hall–Kier alpha value is -2.38. The van der Waals surface area contributed by atoms with E-state index in [1.807, 2.05) is 12.3 Å². The van der Waals surface area contributed by atoms with E-state index in [0.717, 1.165) is 77.3 Å². The molecule has 2 fully saturated rings. The Labute approximate surface area is 161 Å². The van der Waals surface area contributed by atoms with Gasteiger partial charge in [-0.3, -0.25) is 4.90 Å². The van der Waals surface area contributed by atoms with E-state index in [1.54, 1.807) is 0 Å². The molecule has 0 spiro atoms. The molecule has 1 aromatic heterocycles. The Kier molecular flexibility index (Phi) is 6.01. The summed E-state index contributed by atoms with van der Waals surface area (Å²) in [5.41, 5.74) is 1.29. The number of benzene rings is 1. The normalized spacial score (nSPS) is 18.5. The molecule has 27 heavy (non-hydrogen) atoms. The van der Waals surface area contributed by atoms with Crippen LogP contribution in [0.4, 0.5) is 17.5 Å². The smallest absolute Gasteiger partial charge is 0.227 e. The summed E-state index contributed by atoms with van der Waals surface area (Å²) in [7, 11) is 0. The third-order valence-electron chi connectivity index (χ3n) is 5.16. The van der Waals surface area contributed by atoms with Crippen molar-refractivity contribution in [3.63, 3.8) is 0 Å². The Balaban J connectivity index is 1.27. The molecular weight excluding hydrogens is 340 g/mol. The molecular formula is C20H28N6O. The maximum Gasteiger partial charge on any atom is 0.227 e. The summed E-state index contributed by atoms with van der Waals surface area (Å²) >= 11 is 0. The molecule has 0 amide bonds. The van der Waals surface area contributed by atoms with Crippen molar-refractivity contribution in [1.29, 1.82) is 0 Å². The van der Waals surface area contributed by atoms with Crippen LogP contribution in [0.25, 0.3) is 0 Å². The molecule has 144 valence electrons. The van der Waals surface area contributed by atoms with Gasteiger partial charge in [0.2, 0.25) is 5.95 Å². The molecule has 1 N–H and O–H groups in total. The minimum atomic E-state index is 0.819. The number of aromatic nitrogens is 2. The number of nitrogens with zero attached hydrogens (tertiary/aromatic N) is 5. The molecule has 2 aliphatic rings. The van der Waals surface area contributed by atoms with Gasteiger partial charge in [0, 0.05) is 64.2 Å². The second-order valence-corrected chi connectivity index (χ2v) is 6.93. The lowest BCUT2D eigenvalue weighted by atomic mass is 10.2. The summed E-state index contributed by atoms with van der Waals surface area (Å²) in [6.45, 7) is 9.46. The highest BCUT2D eigenvalue weighted by Crippen LogP contribution is 2.18. The van der Waals surface area contributed by atoms with E-state index in [1.165, 1.54) is 5.69 Å². The first-order valence-corrected chi connectivity index (χ1v) is 9.80. The van der Waals surface area contributed by atoms with Crippen LogP contribution in [0.5, 0.6) is 0 Å². The van der Waals surface area contributed by atoms with E-state index in [9.17, 15) is 0 Å². The lowest BCUT2D eigenvalue weighted by Gasteiger charge is -2.36. The average molecular weight is 368 g/mol. The minimum absolute atomic E-state index is 0.819. The van der Waals surface area contributed by atoms with Gasteiger partial charge in [-0.2, -0.15) is 4.98 Å². The van der Waals surface area contributed by atoms with Crippen LogP contribution in [-0.2, 0) is 4.74 Å². The molecule has 2 aliphatic heterocycles. The summed E-state index contributed by atoms with van der Waals surface area (Å²) in [4.78, 5) is 16.3. The molecule has 7 nitrogen and oxygen atoms in total. The van der Waals surface area contributed by atoms with Gasteiger partial charge in [0.15, 0.2) is 0 Å². The van der Waals surface area contributed by atoms with Gasteiger partial charge < -0.3 is 19.9 Å². The second kappa shape index (κ2) is 9.01. The highest BCUT2D eigenvalue weighted by atomic mass is 16.5. The molecule has 2 aromatic rings. The summed E-state index contributed by atoms with van der Waals surface area (Å²) in [5.74, 6) is 1.72. The molecule has 3 heterocycles. The Morgan fingerprint density at radius 1 is 0.889 bits per heavy atom. The number of para-hydroxylation sites is 1. The van der Waals surface area contributed by atoms with Crippen molar-refractivity contribution >= 4 is 17.5 Å². The monoisotopic (exact) mass is 368 g/mol. The second-order valence-electron chi connectivity index (χ2n) is 6.93. The van der Waals surface area contributed by atoms with Gasteiger partial charge >= 0.3 is 0 Å². The van der Waals surface area contributed by atoms with Crippen molar-refractivity contribution in [3.05, 3.63) is 42.6 Å². The molecule has 0 atom stereocenters. The van der Waals surface area contributed by atoms with Crippen molar-refractivity contribution in [2.24, 2.45) is 0 Å². The fraction of sp³-hybridized carbons (Fsp3) is 0.500. The fourth-order valence-corrected chi connectivity index (χ4v) is 3.57. The summed E-state index contributed by atoms with van der Waals surface area (Å²) in [5, 5.41) is 3.44. The minimum Gasteiger partial charge on any atom is -0.379 e. The number of ether oxygens (including phenoxy) is 1. The predicted octanol–water partition coefficient (Wildman–Crippen LogP) is 1.55. The van der Waals surface area contributed by atoms with E-state index in [2.05, 4.69) is 55.3 Å². The Bertz CT molecular complexity index is 699. The van der Waals surface area contributed by atoms with E-state index in [0.29, 0.717) is 0 Å². The van der Waals surface area contributed by atoms with Gasteiger partial charge in [0.25, 0.3) is 0 Å².